The van der Waals surface area contributed by atoms with Crippen LogP contribution in [0.4, 0.5) is 5.82 Å². The second kappa shape index (κ2) is 6.33. The van der Waals surface area contributed by atoms with Crippen molar-refractivity contribution in [3.63, 3.8) is 0 Å². The van der Waals surface area contributed by atoms with Crippen molar-refractivity contribution in [3.05, 3.63) is 18.6 Å². The molecule has 0 spiro atoms. The lowest BCUT2D eigenvalue weighted by Crippen LogP contribution is -2.41. The van der Waals surface area contributed by atoms with Gasteiger partial charge in [-0.15, -0.1) is 0 Å². The van der Waals surface area contributed by atoms with Crippen molar-refractivity contribution in [1.82, 2.24) is 15.3 Å². The fourth-order valence-corrected chi connectivity index (χ4v) is 2.22. The van der Waals surface area contributed by atoms with E-state index in [1.165, 1.54) is 0 Å². The number of carbonyl (C=O) groups excluding carboxylic acids is 1. The van der Waals surface area contributed by atoms with Crippen LogP contribution in [-0.4, -0.2) is 35.5 Å². The Balaban J connectivity index is 1.83. The van der Waals surface area contributed by atoms with Gasteiger partial charge in [0, 0.05) is 37.9 Å². The molecule has 0 aliphatic carbocycles. The largest absolute Gasteiger partial charge is 0.356 e. The van der Waals surface area contributed by atoms with Crippen LogP contribution in [0.2, 0.25) is 0 Å². The van der Waals surface area contributed by atoms with Gasteiger partial charge in [0.15, 0.2) is 0 Å². The maximum atomic E-state index is 11.8. The van der Waals surface area contributed by atoms with Gasteiger partial charge in [0.25, 0.3) is 0 Å². The molecule has 18 heavy (non-hydrogen) atoms. The molecule has 2 rings (SSSR count). The molecule has 1 aliphatic heterocycles. The summed E-state index contributed by atoms with van der Waals surface area (Å²) in [5, 5.41) is 2.97. The number of nitrogens with zero attached hydrogens (tertiary/aromatic N) is 3. The second-order valence-electron chi connectivity index (χ2n) is 4.62. The van der Waals surface area contributed by atoms with Gasteiger partial charge in [0.1, 0.15) is 5.82 Å². The number of hydrogen-bond acceptors (Lipinski definition) is 4. The third kappa shape index (κ3) is 3.18. The number of piperidine rings is 1. The molecular formula is C13H20N4O. The molecule has 0 atom stereocenters. The smallest absolute Gasteiger partial charge is 0.223 e. The van der Waals surface area contributed by atoms with Gasteiger partial charge in [-0.05, 0) is 19.3 Å². The lowest BCUT2D eigenvalue weighted by atomic mass is 9.96. The Labute approximate surface area is 108 Å². The van der Waals surface area contributed by atoms with Gasteiger partial charge in [-0.25, -0.2) is 4.98 Å². The standard InChI is InChI=1S/C13H20N4O/c1-2-5-16-13(18)11-3-8-17(9-4-11)12-10-14-6-7-15-12/h6-7,10-11H,2-5,8-9H2,1H3,(H,16,18). The summed E-state index contributed by atoms with van der Waals surface area (Å²) in [6.07, 6.45) is 7.93. The fraction of sp³-hybridized carbons (Fsp3) is 0.615. The highest BCUT2D eigenvalue weighted by Crippen LogP contribution is 2.21. The molecule has 5 nitrogen and oxygen atoms in total. The van der Waals surface area contributed by atoms with Crippen LogP contribution in [0, 0.1) is 5.92 Å². The minimum absolute atomic E-state index is 0.157. The molecule has 1 fully saturated rings. The van der Waals surface area contributed by atoms with Crippen molar-refractivity contribution in [2.24, 2.45) is 5.92 Å². The third-order valence-corrected chi connectivity index (χ3v) is 3.29. The number of nitrogens with one attached hydrogen (secondary N) is 1. The van der Waals surface area contributed by atoms with E-state index < -0.39 is 0 Å². The molecule has 2 heterocycles. The van der Waals surface area contributed by atoms with Gasteiger partial charge in [-0.1, -0.05) is 6.92 Å². The summed E-state index contributed by atoms with van der Waals surface area (Å²) in [5.41, 5.74) is 0. The SMILES string of the molecule is CCCNC(=O)C1CCN(c2cnccn2)CC1. The molecule has 1 aromatic rings. The molecule has 0 radical (unpaired) electrons. The summed E-state index contributed by atoms with van der Waals surface area (Å²) in [4.78, 5) is 22.4. The highest BCUT2D eigenvalue weighted by molar-refractivity contribution is 5.78. The maximum absolute atomic E-state index is 11.8. The average molecular weight is 248 g/mol. The number of rotatable bonds is 4. The number of hydrogen-bond donors (Lipinski definition) is 1. The predicted octanol–water partition coefficient (Wildman–Crippen LogP) is 1.22. The molecule has 5 heteroatoms. The average Bonchev–Trinajstić information content (AvgIpc) is 2.46. The summed E-state index contributed by atoms with van der Waals surface area (Å²) >= 11 is 0. The zero-order chi connectivity index (χ0) is 12.8. The van der Waals surface area contributed by atoms with E-state index >= 15 is 0 Å². The molecule has 1 aliphatic rings. The van der Waals surface area contributed by atoms with E-state index in [1.54, 1.807) is 18.6 Å². The lowest BCUT2D eigenvalue weighted by molar-refractivity contribution is -0.125. The van der Waals surface area contributed by atoms with Crippen LogP contribution in [-0.2, 0) is 4.79 Å². The van der Waals surface area contributed by atoms with E-state index in [4.69, 9.17) is 0 Å². The van der Waals surface area contributed by atoms with Gasteiger partial charge in [0.2, 0.25) is 5.91 Å². The summed E-state index contributed by atoms with van der Waals surface area (Å²) < 4.78 is 0. The Morgan fingerprint density at radius 1 is 1.44 bits per heavy atom. The van der Waals surface area contributed by atoms with E-state index in [2.05, 4.69) is 27.1 Å². The van der Waals surface area contributed by atoms with E-state index in [-0.39, 0.29) is 11.8 Å². The number of carbonyl (C=O) groups is 1. The summed E-state index contributed by atoms with van der Waals surface area (Å²) in [5.74, 6) is 1.27. The van der Waals surface area contributed by atoms with Gasteiger partial charge in [-0.3, -0.25) is 9.78 Å². The third-order valence-electron chi connectivity index (χ3n) is 3.29. The minimum atomic E-state index is 0.157. The van der Waals surface area contributed by atoms with Crippen LogP contribution in [0.15, 0.2) is 18.6 Å². The first-order chi connectivity index (χ1) is 8.81. The first-order valence-electron chi connectivity index (χ1n) is 6.60. The first kappa shape index (κ1) is 12.8. The Morgan fingerprint density at radius 3 is 2.83 bits per heavy atom. The maximum Gasteiger partial charge on any atom is 0.223 e. The molecule has 1 saturated heterocycles. The van der Waals surface area contributed by atoms with E-state index in [1.807, 2.05) is 0 Å². The van der Waals surface area contributed by atoms with Crippen molar-refractivity contribution in [2.75, 3.05) is 24.5 Å². The van der Waals surface area contributed by atoms with Crippen LogP contribution < -0.4 is 10.2 Å². The monoisotopic (exact) mass is 248 g/mol. The molecule has 98 valence electrons. The summed E-state index contributed by atoms with van der Waals surface area (Å²) in [6.45, 7) is 4.60. The van der Waals surface area contributed by atoms with Crippen molar-refractivity contribution in [1.29, 1.82) is 0 Å². The molecule has 1 N–H and O–H groups in total. The highest BCUT2D eigenvalue weighted by Gasteiger charge is 2.25. The van der Waals surface area contributed by atoms with Gasteiger partial charge in [-0.2, -0.15) is 0 Å². The Morgan fingerprint density at radius 2 is 2.22 bits per heavy atom. The second-order valence-corrected chi connectivity index (χ2v) is 4.62. The molecule has 0 saturated carbocycles. The first-order valence-corrected chi connectivity index (χ1v) is 6.60. The van der Waals surface area contributed by atoms with Crippen LogP contribution in [0.5, 0.6) is 0 Å². The van der Waals surface area contributed by atoms with Crippen LogP contribution in [0.3, 0.4) is 0 Å². The van der Waals surface area contributed by atoms with Crippen molar-refractivity contribution < 1.29 is 4.79 Å². The molecule has 0 bridgehead atoms. The predicted molar refractivity (Wildman–Crippen MR) is 70.3 cm³/mol. The highest BCUT2D eigenvalue weighted by atomic mass is 16.1. The Hall–Kier alpha value is -1.65. The molecule has 1 aromatic heterocycles. The Bertz CT molecular complexity index is 374. The van der Waals surface area contributed by atoms with E-state index in [0.29, 0.717) is 0 Å². The number of amides is 1. The van der Waals surface area contributed by atoms with Crippen molar-refractivity contribution in [2.45, 2.75) is 26.2 Å². The molecule has 0 unspecified atom stereocenters. The van der Waals surface area contributed by atoms with E-state index in [0.717, 1.165) is 44.7 Å². The molecule has 0 aromatic carbocycles. The minimum Gasteiger partial charge on any atom is -0.356 e. The normalized spacial score (nSPS) is 16.6. The zero-order valence-electron chi connectivity index (χ0n) is 10.8. The van der Waals surface area contributed by atoms with Crippen LogP contribution in [0.25, 0.3) is 0 Å². The molecular weight excluding hydrogens is 228 g/mol. The molecule has 1 amide bonds. The fourth-order valence-electron chi connectivity index (χ4n) is 2.22. The van der Waals surface area contributed by atoms with E-state index in [9.17, 15) is 4.79 Å². The van der Waals surface area contributed by atoms with Gasteiger partial charge in [0.05, 0.1) is 6.20 Å². The van der Waals surface area contributed by atoms with Crippen molar-refractivity contribution in [3.8, 4) is 0 Å². The van der Waals surface area contributed by atoms with Gasteiger partial charge < -0.3 is 10.2 Å². The lowest BCUT2D eigenvalue weighted by Gasteiger charge is -2.31. The van der Waals surface area contributed by atoms with Crippen LogP contribution >= 0.6 is 0 Å². The number of aromatic nitrogens is 2. The van der Waals surface area contributed by atoms with Gasteiger partial charge >= 0.3 is 0 Å². The topological polar surface area (TPSA) is 58.1 Å². The van der Waals surface area contributed by atoms with Crippen LogP contribution in [0.1, 0.15) is 26.2 Å². The Kier molecular flexibility index (Phi) is 4.50. The summed E-state index contributed by atoms with van der Waals surface area (Å²) in [6, 6.07) is 0. The summed E-state index contributed by atoms with van der Waals surface area (Å²) in [7, 11) is 0. The quantitative estimate of drug-likeness (QED) is 0.870. The van der Waals surface area contributed by atoms with Crippen molar-refractivity contribution >= 4 is 11.7 Å². The zero-order valence-corrected chi connectivity index (χ0v) is 10.8. The number of anilines is 1.